The number of nitrogens with two attached hydrogens (primary N) is 1. The summed E-state index contributed by atoms with van der Waals surface area (Å²) in [6.07, 6.45) is 3.50. The van der Waals surface area contributed by atoms with Crippen LogP contribution in [0.15, 0.2) is 5.16 Å². The van der Waals surface area contributed by atoms with E-state index in [4.69, 9.17) is 10.9 Å². The molecular formula is C12H23N5O. The van der Waals surface area contributed by atoms with E-state index in [0.717, 1.165) is 24.5 Å². The van der Waals surface area contributed by atoms with Gasteiger partial charge in [-0.15, -0.1) is 0 Å². The first-order valence-corrected chi connectivity index (χ1v) is 6.25. The standard InChI is InChI=1S/C12H23N5O/c1-5-6-7-8-16(3)12-10(11(13)15-18)9(2)14-17(12)4/h18H,5-8H2,1-4H3,(H2,13,15). The molecule has 0 fully saturated rings. The maximum absolute atomic E-state index is 8.85. The Morgan fingerprint density at radius 3 is 2.72 bits per heavy atom. The summed E-state index contributed by atoms with van der Waals surface area (Å²) in [6.45, 7) is 4.96. The average molecular weight is 253 g/mol. The van der Waals surface area contributed by atoms with Gasteiger partial charge in [0.15, 0.2) is 5.84 Å². The third-order valence-electron chi connectivity index (χ3n) is 3.01. The van der Waals surface area contributed by atoms with Crippen LogP contribution >= 0.6 is 0 Å². The second-order valence-electron chi connectivity index (χ2n) is 4.52. The smallest absolute Gasteiger partial charge is 0.175 e. The van der Waals surface area contributed by atoms with Gasteiger partial charge in [0.1, 0.15) is 5.82 Å². The van der Waals surface area contributed by atoms with Gasteiger partial charge in [0.25, 0.3) is 0 Å². The second kappa shape index (κ2) is 6.28. The third-order valence-corrected chi connectivity index (χ3v) is 3.01. The Labute approximate surface area is 108 Å². The Morgan fingerprint density at radius 1 is 1.50 bits per heavy atom. The molecule has 0 amide bonds. The maximum Gasteiger partial charge on any atom is 0.175 e. The van der Waals surface area contributed by atoms with Gasteiger partial charge in [-0.2, -0.15) is 5.10 Å². The highest BCUT2D eigenvalue weighted by Crippen LogP contribution is 2.22. The highest BCUT2D eigenvalue weighted by Gasteiger charge is 2.19. The molecule has 102 valence electrons. The lowest BCUT2D eigenvalue weighted by Crippen LogP contribution is -2.25. The van der Waals surface area contributed by atoms with Crippen molar-refractivity contribution in [2.24, 2.45) is 17.9 Å². The normalized spacial score (nSPS) is 11.9. The van der Waals surface area contributed by atoms with Gasteiger partial charge in [0.2, 0.25) is 0 Å². The first-order valence-electron chi connectivity index (χ1n) is 6.25. The molecule has 0 radical (unpaired) electrons. The topological polar surface area (TPSA) is 79.7 Å². The van der Waals surface area contributed by atoms with Crippen LogP contribution in [0.25, 0.3) is 0 Å². The molecule has 0 saturated carbocycles. The van der Waals surface area contributed by atoms with Crippen LogP contribution in [0.3, 0.4) is 0 Å². The number of anilines is 1. The minimum absolute atomic E-state index is 0.109. The number of oxime groups is 1. The molecule has 0 bridgehead atoms. The van der Waals surface area contributed by atoms with Crippen molar-refractivity contribution in [3.05, 3.63) is 11.3 Å². The lowest BCUT2D eigenvalue weighted by atomic mass is 10.2. The summed E-state index contributed by atoms with van der Waals surface area (Å²) in [6, 6.07) is 0. The number of aryl methyl sites for hydroxylation is 2. The maximum atomic E-state index is 8.85. The third kappa shape index (κ3) is 2.94. The summed E-state index contributed by atoms with van der Waals surface area (Å²) in [4.78, 5) is 2.10. The van der Waals surface area contributed by atoms with E-state index in [1.54, 1.807) is 4.68 Å². The molecule has 1 aromatic rings. The fourth-order valence-corrected chi connectivity index (χ4v) is 2.14. The van der Waals surface area contributed by atoms with E-state index in [0.29, 0.717) is 5.56 Å². The minimum atomic E-state index is 0.109. The van der Waals surface area contributed by atoms with Crippen molar-refractivity contribution >= 4 is 11.7 Å². The molecule has 18 heavy (non-hydrogen) atoms. The first kappa shape index (κ1) is 14.3. The molecule has 0 saturated heterocycles. The van der Waals surface area contributed by atoms with E-state index >= 15 is 0 Å². The Bertz CT molecular complexity index is 424. The van der Waals surface area contributed by atoms with Gasteiger partial charge in [-0.05, 0) is 13.3 Å². The number of aromatic nitrogens is 2. The number of rotatable bonds is 6. The van der Waals surface area contributed by atoms with Gasteiger partial charge in [0.05, 0.1) is 11.3 Å². The average Bonchev–Trinajstić information content (AvgIpc) is 2.63. The summed E-state index contributed by atoms with van der Waals surface area (Å²) < 4.78 is 1.77. The van der Waals surface area contributed by atoms with Crippen LogP contribution in [0.2, 0.25) is 0 Å². The van der Waals surface area contributed by atoms with Crippen molar-refractivity contribution in [2.75, 3.05) is 18.5 Å². The van der Waals surface area contributed by atoms with E-state index in [9.17, 15) is 0 Å². The highest BCUT2D eigenvalue weighted by molar-refractivity contribution is 6.02. The first-order chi connectivity index (χ1) is 8.52. The van der Waals surface area contributed by atoms with Gasteiger partial charge < -0.3 is 15.8 Å². The molecule has 0 aliphatic heterocycles. The molecule has 6 nitrogen and oxygen atoms in total. The van der Waals surface area contributed by atoms with Crippen LogP contribution in [0.5, 0.6) is 0 Å². The van der Waals surface area contributed by atoms with Crippen LogP contribution in [-0.2, 0) is 7.05 Å². The molecule has 3 N–H and O–H groups in total. The van der Waals surface area contributed by atoms with E-state index in [1.165, 1.54) is 12.8 Å². The van der Waals surface area contributed by atoms with E-state index in [1.807, 2.05) is 21.0 Å². The summed E-state index contributed by atoms with van der Waals surface area (Å²) >= 11 is 0. The SMILES string of the molecule is CCCCCN(C)c1c(C(N)=NO)c(C)nn1C. The number of nitrogens with zero attached hydrogens (tertiary/aromatic N) is 4. The Balaban J connectivity index is 3.00. The predicted octanol–water partition coefficient (Wildman–Crippen LogP) is 1.45. The van der Waals surface area contributed by atoms with Crippen molar-refractivity contribution in [1.82, 2.24) is 9.78 Å². The van der Waals surface area contributed by atoms with Gasteiger partial charge in [0, 0.05) is 20.6 Å². The van der Waals surface area contributed by atoms with Crippen molar-refractivity contribution < 1.29 is 5.21 Å². The summed E-state index contributed by atoms with van der Waals surface area (Å²) in [5.41, 5.74) is 7.20. The lowest BCUT2D eigenvalue weighted by molar-refractivity contribution is 0.318. The zero-order valence-electron chi connectivity index (χ0n) is 11.6. The van der Waals surface area contributed by atoms with Crippen LogP contribution in [-0.4, -0.2) is 34.4 Å². The number of hydrogen-bond donors (Lipinski definition) is 2. The highest BCUT2D eigenvalue weighted by atomic mass is 16.4. The Hall–Kier alpha value is -1.72. The van der Waals surface area contributed by atoms with E-state index < -0.39 is 0 Å². The molecular weight excluding hydrogens is 230 g/mol. The zero-order valence-corrected chi connectivity index (χ0v) is 11.6. The van der Waals surface area contributed by atoms with Crippen LogP contribution in [0.1, 0.15) is 37.4 Å². The molecule has 0 atom stereocenters. The van der Waals surface area contributed by atoms with Crippen molar-refractivity contribution in [3.8, 4) is 0 Å². The van der Waals surface area contributed by atoms with Crippen LogP contribution in [0, 0.1) is 6.92 Å². The molecule has 0 aliphatic carbocycles. The van der Waals surface area contributed by atoms with E-state index in [2.05, 4.69) is 22.1 Å². The summed E-state index contributed by atoms with van der Waals surface area (Å²) in [7, 11) is 3.87. The molecule has 1 heterocycles. The quantitative estimate of drug-likeness (QED) is 0.264. The van der Waals surface area contributed by atoms with Gasteiger partial charge in [-0.1, -0.05) is 24.9 Å². The van der Waals surface area contributed by atoms with Crippen LogP contribution < -0.4 is 10.6 Å². The number of amidine groups is 1. The summed E-state index contributed by atoms with van der Waals surface area (Å²) in [5, 5.41) is 16.3. The minimum Gasteiger partial charge on any atom is -0.409 e. The molecule has 1 rings (SSSR count). The molecule has 1 aromatic heterocycles. The molecule has 6 heteroatoms. The molecule has 0 aromatic carbocycles. The summed E-state index contributed by atoms with van der Waals surface area (Å²) in [5.74, 6) is 0.997. The van der Waals surface area contributed by atoms with Crippen molar-refractivity contribution in [2.45, 2.75) is 33.1 Å². The van der Waals surface area contributed by atoms with Crippen molar-refractivity contribution in [1.29, 1.82) is 0 Å². The van der Waals surface area contributed by atoms with Gasteiger partial charge in [-0.25, -0.2) is 0 Å². The monoisotopic (exact) mass is 253 g/mol. The molecule has 0 aliphatic rings. The van der Waals surface area contributed by atoms with Crippen molar-refractivity contribution in [3.63, 3.8) is 0 Å². The second-order valence-corrected chi connectivity index (χ2v) is 4.52. The predicted molar refractivity (Wildman–Crippen MR) is 73.3 cm³/mol. The fraction of sp³-hybridized carbons (Fsp3) is 0.667. The van der Waals surface area contributed by atoms with Gasteiger partial charge in [-0.3, -0.25) is 4.68 Å². The molecule has 0 unspecified atom stereocenters. The largest absolute Gasteiger partial charge is 0.409 e. The molecule has 0 spiro atoms. The number of hydrogen-bond acceptors (Lipinski definition) is 4. The van der Waals surface area contributed by atoms with Crippen LogP contribution in [0.4, 0.5) is 5.82 Å². The fourth-order valence-electron chi connectivity index (χ4n) is 2.14. The lowest BCUT2D eigenvalue weighted by Gasteiger charge is -2.20. The Kier molecular flexibility index (Phi) is 5.00. The Morgan fingerprint density at radius 2 is 2.17 bits per heavy atom. The van der Waals surface area contributed by atoms with E-state index in [-0.39, 0.29) is 5.84 Å². The van der Waals surface area contributed by atoms with Gasteiger partial charge >= 0.3 is 0 Å². The zero-order chi connectivity index (χ0) is 13.7. The number of unbranched alkanes of at least 4 members (excludes halogenated alkanes) is 2.